The first-order valence-corrected chi connectivity index (χ1v) is 13.4. The van der Waals surface area contributed by atoms with Crippen LogP contribution in [0.2, 0.25) is 0 Å². The second kappa shape index (κ2) is 8.97. The fourth-order valence-electron chi connectivity index (χ4n) is 5.88. The molecule has 8 heteroatoms. The highest BCUT2D eigenvalue weighted by molar-refractivity contribution is 7.92. The van der Waals surface area contributed by atoms with E-state index in [-0.39, 0.29) is 39.8 Å². The first kappa shape index (κ1) is 25.2. The molecule has 4 rings (SSSR count). The van der Waals surface area contributed by atoms with E-state index in [2.05, 4.69) is 20.8 Å². The minimum absolute atomic E-state index is 0.0233. The van der Waals surface area contributed by atoms with E-state index in [9.17, 15) is 18.0 Å². The molecule has 1 aliphatic heterocycles. The van der Waals surface area contributed by atoms with Crippen molar-refractivity contribution in [3.63, 3.8) is 0 Å². The SMILES string of the molecule is Cc1ccc(N(C)S(=O)(=O)c2cccc(C(=O)OCC(=O)N3CC4(C)CC3CC(C)(C)C4)c2)cc1. The van der Waals surface area contributed by atoms with Crippen molar-refractivity contribution < 1.29 is 22.7 Å². The Hall–Kier alpha value is -2.87. The van der Waals surface area contributed by atoms with Crippen LogP contribution in [0, 0.1) is 17.8 Å². The highest BCUT2D eigenvalue weighted by Crippen LogP contribution is 2.52. The van der Waals surface area contributed by atoms with E-state index >= 15 is 0 Å². The molecule has 0 radical (unpaired) electrons. The smallest absolute Gasteiger partial charge is 0.338 e. The van der Waals surface area contributed by atoms with Crippen LogP contribution in [0.3, 0.4) is 0 Å². The van der Waals surface area contributed by atoms with E-state index in [1.165, 1.54) is 35.6 Å². The number of fused-ring (bicyclic) bond motifs is 2. The van der Waals surface area contributed by atoms with Crippen molar-refractivity contribution in [1.82, 2.24) is 4.90 Å². The normalized spacial score (nSPS) is 23.1. The van der Waals surface area contributed by atoms with Gasteiger partial charge in [-0.15, -0.1) is 0 Å². The number of sulfonamides is 1. The van der Waals surface area contributed by atoms with Gasteiger partial charge >= 0.3 is 5.97 Å². The average molecular weight is 499 g/mol. The monoisotopic (exact) mass is 498 g/mol. The molecule has 1 saturated heterocycles. The molecule has 1 amide bonds. The lowest BCUT2D eigenvalue weighted by Gasteiger charge is -2.39. The molecule has 2 unspecified atom stereocenters. The van der Waals surface area contributed by atoms with Crippen molar-refractivity contribution in [1.29, 1.82) is 0 Å². The Bertz CT molecular complexity index is 1240. The van der Waals surface area contributed by atoms with E-state index < -0.39 is 16.0 Å². The van der Waals surface area contributed by atoms with Gasteiger partial charge in [-0.05, 0) is 67.3 Å². The topological polar surface area (TPSA) is 84.0 Å². The Balaban J connectivity index is 1.43. The maximum Gasteiger partial charge on any atom is 0.338 e. The molecule has 2 atom stereocenters. The molecular formula is C27H34N2O5S. The summed E-state index contributed by atoms with van der Waals surface area (Å²) in [5, 5.41) is 0. The lowest BCUT2D eigenvalue weighted by molar-refractivity contribution is -0.135. The number of carbonyl (C=O) groups excluding carboxylic acids is 2. The average Bonchev–Trinajstić information content (AvgIpc) is 3.05. The quantitative estimate of drug-likeness (QED) is 0.551. The largest absolute Gasteiger partial charge is 0.452 e. The number of hydrogen-bond acceptors (Lipinski definition) is 5. The van der Waals surface area contributed by atoms with Gasteiger partial charge < -0.3 is 9.64 Å². The Labute approximate surface area is 208 Å². The number of esters is 1. The van der Waals surface area contributed by atoms with Crippen LogP contribution in [0.5, 0.6) is 0 Å². The highest BCUT2D eigenvalue weighted by atomic mass is 32.2. The summed E-state index contributed by atoms with van der Waals surface area (Å²) < 4.78 is 32.8. The number of anilines is 1. The van der Waals surface area contributed by atoms with Crippen molar-refractivity contribution in [3.8, 4) is 0 Å². The van der Waals surface area contributed by atoms with Crippen LogP contribution in [0.15, 0.2) is 53.4 Å². The van der Waals surface area contributed by atoms with Gasteiger partial charge in [-0.3, -0.25) is 9.10 Å². The molecule has 2 aromatic rings. The zero-order valence-electron chi connectivity index (χ0n) is 21.1. The van der Waals surface area contributed by atoms with Gasteiger partial charge in [0.15, 0.2) is 6.61 Å². The fraction of sp³-hybridized carbons (Fsp3) is 0.481. The summed E-state index contributed by atoms with van der Waals surface area (Å²) in [6, 6.07) is 13.0. The van der Waals surface area contributed by atoms with Crippen molar-refractivity contribution >= 4 is 27.6 Å². The van der Waals surface area contributed by atoms with E-state index in [0.29, 0.717) is 12.2 Å². The number of amides is 1. The van der Waals surface area contributed by atoms with Crippen molar-refractivity contribution in [2.75, 3.05) is 24.5 Å². The summed E-state index contributed by atoms with van der Waals surface area (Å²) >= 11 is 0. The summed E-state index contributed by atoms with van der Waals surface area (Å²) in [4.78, 5) is 27.5. The minimum atomic E-state index is -3.88. The third-order valence-corrected chi connectivity index (χ3v) is 8.97. The Morgan fingerprint density at radius 2 is 1.77 bits per heavy atom. The first-order chi connectivity index (χ1) is 16.3. The molecule has 0 aromatic heterocycles. The van der Waals surface area contributed by atoms with Gasteiger partial charge in [-0.2, -0.15) is 0 Å². The zero-order valence-corrected chi connectivity index (χ0v) is 21.9. The highest BCUT2D eigenvalue weighted by Gasteiger charge is 2.50. The number of rotatable bonds is 6. The standard InChI is InChI=1S/C27H34N2O5S/c1-19-9-11-21(12-10-19)28(5)35(32,33)23-8-6-7-20(13-23)25(31)34-16-24(30)29-18-27(4)15-22(29)14-26(2,3)17-27/h6-13,22H,14-18H2,1-5H3. The van der Waals surface area contributed by atoms with Crippen LogP contribution in [-0.2, 0) is 19.6 Å². The predicted octanol–water partition coefficient (Wildman–Crippen LogP) is 4.40. The van der Waals surface area contributed by atoms with Gasteiger partial charge in [0.05, 0.1) is 16.1 Å². The summed E-state index contributed by atoms with van der Waals surface area (Å²) in [6.07, 6.45) is 2.99. The van der Waals surface area contributed by atoms with Gasteiger partial charge in [-0.25, -0.2) is 13.2 Å². The third kappa shape index (κ3) is 5.22. The summed E-state index contributed by atoms with van der Waals surface area (Å²) in [7, 11) is -2.41. The van der Waals surface area contributed by atoms with Crippen molar-refractivity contribution in [2.24, 2.45) is 10.8 Å². The number of carbonyl (C=O) groups is 2. The van der Waals surface area contributed by atoms with Gasteiger partial charge in [0.1, 0.15) is 0 Å². The second-order valence-corrected chi connectivity index (χ2v) is 13.1. The Morgan fingerprint density at radius 1 is 1.09 bits per heavy atom. The first-order valence-electron chi connectivity index (χ1n) is 11.9. The predicted molar refractivity (Wildman–Crippen MR) is 135 cm³/mol. The van der Waals surface area contributed by atoms with Gasteiger partial charge in [-0.1, -0.05) is 44.5 Å². The summed E-state index contributed by atoms with van der Waals surface area (Å²) in [6.45, 7) is 8.95. The van der Waals surface area contributed by atoms with Gasteiger partial charge in [0, 0.05) is 19.6 Å². The van der Waals surface area contributed by atoms with Crippen LogP contribution in [0.25, 0.3) is 0 Å². The molecule has 1 saturated carbocycles. The summed E-state index contributed by atoms with van der Waals surface area (Å²) in [5.74, 6) is -0.922. The molecule has 1 heterocycles. The number of hydrogen-bond donors (Lipinski definition) is 0. The molecule has 7 nitrogen and oxygen atoms in total. The van der Waals surface area contributed by atoms with Crippen LogP contribution >= 0.6 is 0 Å². The van der Waals surface area contributed by atoms with Crippen molar-refractivity contribution in [2.45, 2.75) is 57.9 Å². The van der Waals surface area contributed by atoms with E-state index in [1.807, 2.05) is 24.0 Å². The second-order valence-electron chi connectivity index (χ2n) is 11.1. The Morgan fingerprint density at radius 3 is 2.46 bits per heavy atom. The van der Waals surface area contributed by atoms with Crippen LogP contribution < -0.4 is 4.31 Å². The zero-order chi connectivity index (χ0) is 25.6. The molecule has 0 spiro atoms. The number of aryl methyl sites for hydroxylation is 1. The van der Waals surface area contributed by atoms with Gasteiger partial charge in [0.2, 0.25) is 0 Å². The van der Waals surface area contributed by atoms with Crippen LogP contribution in [0.1, 0.15) is 56.0 Å². The molecule has 1 aliphatic carbocycles. The molecular weight excluding hydrogens is 464 g/mol. The lowest BCUT2D eigenvalue weighted by atomic mass is 9.65. The number of benzene rings is 2. The maximum atomic E-state index is 13.1. The minimum Gasteiger partial charge on any atom is -0.452 e. The van der Waals surface area contributed by atoms with Gasteiger partial charge in [0.25, 0.3) is 15.9 Å². The number of ether oxygens (including phenoxy) is 1. The third-order valence-electron chi connectivity index (χ3n) is 7.19. The van der Waals surface area contributed by atoms with E-state index in [4.69, 9.17) is 4.74 Å². The van der Waals surface area contributed by atoms with Crippen LogP contribution in [-0.4, -0.2) is 51.4 Å². The fourth-order valence-corrected chi connectivity index (χ4v) is 7.12. The number of nitrogens with zero attached hydrogens (tertiary/aromatic N) is 2. The molecule has 2 fully saturated rings. The van der Waals surface area contributed by atoms with E-state index in [0.717, 1.165) is 24.8 Å². The number of likely N-dealkylation sites (tertiary alicyclic amines) is 1. The molecule has 0 N–H and O–H groups in total. The molecule has 35 heavy (non-hydrogen) atoms. The molecule has 2 bridgehead atoms. The Kier molecular flexibility index (Phi) is 6.47. The summed E-state index contributed by atoms with van der Waals surface area (Å²) in [5.41, 5.74) is 1.90. The lowest BCUT2D eigenvalue weighted by Crippen LogP contribution is -2.39. The van der Waals surface area contributed by atoms with Crippen LogP contribution in [0.4, 0.5) is 5.69 Å². The maximum absolute atomic E-state index is 13.1. The molecule has 2 aliphatic rings. The van der Waals surface area contributed by atoms with Crippen molar-refractivity contribution in [3.05, 3.63) is 59.7 Å². The van der Waals surface area contributed by atoms with E-state index in [1.54, 1.807) is 12.1 Å². The molecule has 2 aromatic carbocycles. The molecule has 188 valence electrons.